The van der Waals surface area contributed by atoms with E-state index < -0.39 is 5.60 Å². The number of ether oxygens (including phenoxy) is 1. The van der Waals surface area contributed by atoms with Gasteiger partial charge in [0.05, 0.1) is 11.2 Å². The van der Waals surface area contributed by atoms with Crippen LogP contribution in [0.15, 0.2) is 24.3 Å². The summed E-state index contributed by atoms with van der Waals surface area (Å²) in [5.74, 6) is 0. The second kappa shape index (κ2) is 8.54. The zero-order valence-corrected chi connectivity index (χ0v) is 19.8. The molecule has 0 unspecified atom stereocenters. The van der Waals surface area contributed by atoms with Crippen LogP contribution in [0, 0.1) is 0 Å². The average molecular weight is 415 g/mol. The van der Waals surface area contributed by atoms with Crippen molar-refractivity contribution in [3.05, 3.63) is 29.8 Å². The van der Waals surface area contributed by atoms with Gasteiger partial charge in [0, 0.05) is 12.6 Å². The lowest BCUT2D eigenvalue weighted by molar-refractivity contribution is 0.00578. The van der Waals surface area contributed by atoms with Gasteiger partial charge in [0.15, 0.2) is 0 Å². The molecule has 1 amide bonds. The largest absolute Gasteiger partial charge is 0.494 e. The number of hydrogen-bond acceptors (Lipinski definition) is 4. The van der Waals surface area contributed by atoms with E-state index in [4.69, 9.17) is 14.0 Å². The van der Waals surface area contributed by atoms with Crippen molar-refractivity contribution in [1.29, 1.82) is 0 Å². The summed E-state index contributed by atoms with van der Waals surface area (Å²) in [6.45, 7) is 14.6. The topological polar surface area (TPSA) is 48.0 Å². The molecule has 0 bridgehead atoms. The van der Waals surface area contributed by atoms with Crippen molar-refractivity contribution in [3.8, 4) is 0 Å². The summed E-state index contributed by atoms with van der Waals surface area (Å²) in [6, 6.07) is 8.48. The average Bonchev–Trinajstić information content (AvgIpc) is 2.87. The maximum atomic E-state index is 12.9. The van der Waals surface area contributed by atoms with Gasteiger partial charge in [-0.25, -0.2) is 4.79 Å². The molecular formula is C24H38BNO4. The van der Waals surface area contributed by atoms with E-state index in [-0.39, 0.29) is 30.5 Å². The zero-order valence-electron chi connectivity index (χ0n) is 19.8. The maximum absolute atomic E-state index is 12.9. The molecule has 2 aliphatic rings. The minimum absolute atomic E-state index is 0.218. The number of carbonyl (C=O) groups excluding carboxylic acids is 1. The number of carbonyl (C=O) groups is 1. The SMILES string of the molecule is CC(C)(C)OC(=O)N(Cc1ccc(B2OC(C)(C)C(C)(C)O2)cc1)C1CCCCC1. The van der Waals surface area contributed by atoms with Crippen LogP contribution in [0.4, 0.5) is 4.79 Å². The summed E-state index contributed by atoms with van der Waals surface area (Å²) in [6.07, 6.45) is 5.47. The lowest BCUT2D eigenvalue weighted by Gasteiger charge is -2.35. The standard InChI is InChI=1S/C24H38BNO4/c1-22(2,3)28-21(27)26(20-11-9-8-10-12-20)17-18-13-15-19(16-14-18)25-29-23(4,5)24(6,7)30-25/h13-16,20H,8-12,17H2,1-7H3. The monoisotopic (exact) mass is 415 g/mol. The number of amides is 1. The minimum atomic E-state index is -0.495. The number of benzene rings is 1. The van der Waals surface area contributed by atoms with E-state index in [0.29, 0.717) is 6.54 Å². The Bertz CT molecular complexity index is 717. The van der Waals surface area contributed by atoms with Crippen molar-refractivity contribution >= 4 is 18.7 Å². The number of nitrogens with zero attached hydrogens (tertiary/aromatic N) is 1. The Balaban J connectivity index is 1.72. The smallest absolute Gasteiger partial charge is 0.444 e. The third-order valence-electron chi connectivity index (χ3n) is 6.50. The highest BCUT2D eigenvalue weighted by molar-refractivity contribution is 6.62. The molecule has 0 spiro atoms. The Labute approximate surface area is 182 Å². The van der Waals surface area contributed by atoms with E-state index in [1.165, 1.54) is 19.3 Å². The fourth-order valence-electron chi connectivity index (χ4n) is 4.01. The summed E-state index contributed by atoms with van der Waals surface area (Å²) in [7, 11) is -0.371. The van der Waals surface area contributed by atoms with E-state index in [1.54, 1.807) is 0 Å². The molecule has 6 heteroatoms. The summed E-state index contributed by atoms with van der Waals surface area (Å²) >= 11 is 0. The maximum Gasteiger partial charge on any atom is 0.494 e. The quantitative estimate of drug-likeness (QED) is 0.646. The minimum Gasteiger partial charge on any atom is -0.444 e. The summed E-state index contributed by atoms with van der Waals surface area (Å²) in [5.41, 5.74) is 0.880. The molecule has 1 saturated carbocycles. The van der Waals surface area contributed by atoms with Gasteiger partial charge >= 0.3 is 13.2 Å². The Morgan fingerprint density at radius 1 is 1.03 bits per heavy atom. The van der Waals surface area contributed by atoms with E-state index in [9.17, 15) is 4.79 Å². The molecule has 1 aromatic carbocycles. The van der Waals surface area contributed by atoms with Gasteiger partial charge in [-0.15, -0.1) is 0 Å². The zero-order chi connectivity index (χ0) is 22.2. The molecule has 3 rings (SSSR count). The fraction of sp³-hybridized carbons (Fsp3) is 0.708. The summed E-state index contributed by atoms with van der Waals surface area (Å²) in [4.78, 5) is 14.9. The first-order valence-corrected chi connectivity index (χ1v) is 11.3. The third kappa shape index (κ3) is 5.39. The van der Waals surface area contributed by atoms with Crippen LogP contribution < -0.4 is 5.46 Å². The normalized spacial score (nSPS) is 21.5. The Morgan fingerprint density at radius 2 is 1.57 bits per heavy atom. The van der Waals surface area contributed by atoms with Gasteiger partial charge in [0.25, 0.3) is 0 Å². The van der Waals surface area contributed by atoms with Crippen LogP contribution >= 0.6 is 0 Å². The molecule has 0 N–H and O–H groups in total. The van der Waals surface area contributed by atoms with Crippen LogP contribution in [0.2, 0.25) is 0 Å². The molecule has 0 radical (unpaired) electrons. The second-order valence-corrected chi connectivity index (χ2v) is 10.7. The first-order chi connectivity index (χ1) is 13.9. The van der Waals surface area contributed by atoms with E-state index in [2.05, 4.69) is 39.8 Å². The molecule has 2 fully saturated rings. The van der Waals surface area contributed by atoms with Crippen molar-refractivity contribution in [1.82, 2.24) is 4.90 Å². The van der Waals surface area contributed by atoms with Crippen molar-refractivity contribution in [3.63, 3.8) is 0 Å². The van der Waals surface area contributed by atoms with E-state index in [1.807, 2.05) is 37.8 Å². The number of hydrogen-bond donors (Lipinski definition) is 0. The van der Waals surface area contributed by atoms with Crippen LogP contribution in [0.3, 0.4) is 0 Å². The molecule has 0 aromatic heterocycles. The molecular weight excluding hydrogens is 377 g/mol. The molecule has 5 nitrogen and oxygen atoms in total. The third-order valence-corrected chi connectivity index (χ3v) is 6.50. The Kier molecular flexibility index (Phi) is 6.59. The molecule has 166 valence electrons. The highest BCUT2D eigenvalue weighted by Crippen LogP contribution is 2.36. The lowest BCUT2D eigenvalue weighted by Crippen LogP contribution is -2.43. The predicted molar refractivity (Wildman–Crippen MR) is 121 cm³/mol. The molecule has 1 saturated heterocycles. The second-order valence-electron chi connectivity index (χ2n) is 10.7. The summed E-state index contributed by atoms with van der Waals surface area (Å²) in [5, 5.41) is 0. The van der Waals surface area contributed by atoms with Crippen LogP contribution in [-0.2, 0) is 20.6 Å². The van der Waals surface area contributed by atoms with Crippen molar-refractivity contribution < 1.29 is 18.8 Å². The van der Waals surface area contributed by atoms with Crippen LogP contribution in [0.1, 0.15) is 86.1 Å². The molecule has 1 aliphatic heterocycles. The molecule has 30 heavy (non-hydrogen) atoms. The molecule has 1 aromatic rings. The van der Waals surface area contributed by atoms with Gasteiger partial charge in [-0.05, 0) is 72.3 Å². The van der Waals surface area contributed by atoms with Gasteiger partial charge in [-0.2, -0.15) is 0 Å². The van der Waals surface area contributed by atoms with Crippen molar-refractivity contribution in [2.24, 2.45) is 0 Å². The van der Waals surface area contributed by atoms with E-state index >= 15 is 0 Å². The lowest BCUT2D eigenvalue weighted by atomic mass is 9.79. The predicted octanol–water partition coefficient (Wildman–Crippen LogP) is 5.06. The van der Waals surface area contributed by atoms with Crippen LogP contribution in [0.5, 0.6) is 0 Å². The Hall–Kier alpha value is -1.53. The first kappa shape index (κ1) is 23.1. The van der Waals surface area contributed by atoms with Crippen molar-refractivity contribution in [2.45, 2.75) is 110 Å². The van der Waals surface area contributed by atoms with Gasteiger partial charge < -0.3 is 18.9 Å². The Morgan fingerprint density at radius 3 is 2.07 bits per heavy atom. The highest BCUT2D eigenvalue weighted by atomic mass is 16.7. The van der Waals surface area contributed by atoms with Crippen molar-refractivity contribution in [2.75, 3.05) is 0 Å². The molecule has 0 atom stereocenters. The highest BCUT2D eigenvalue weighted by Gasteiger charge is 2.51. The van der Waals surface area contributed by atoms with Gasteiger partial charge in [0.2, 0.25) is 0 Å². The van der Waals surface area contributed by atoms with Gasteiger partial charge in [-0.3, -0.25) is 0 Å². The van der Waals surface area contributed by atoms with E-state index in [0.717, 1.165) is 23.9 Å². The van der Waals surface area contributed by atoms with Gasteiger partial charge in [-0.1, -0.05) is 43.5 Å². The molecule has 1 aliphatic carbocycles. The van der Waals surface area contributed by atoms with Crippen LogP contribution in [0.25, 0.3) is 0 Å². The van der Waals surface area contributed by atoms with Gasteiger partial charge in [0.1, 0.15) is 5.60 Å². The van der Waals surface area contributed by atoms with Crippen LogP contribution in [-0.4, -0.2) is 41.0 Å². The number of rotatable bonds is 4. The first-order valence-electron chi connectivity index (χ1n) is 11.3. The molecule has 1 heterocycles. The summed E-state index contributed by atoms with van der Waals surface area (Å²) < 4.78 is 18.0. The fourth-order valence-corrected chi connectivity index (χ4v) is 4.01.